The van der Waals surface area contributed by atoms with E-state index in [1.807, 2.05) is 29.6 Å². The van der Waals surface area contributed by atoms with E-state index in [0.717, 1.165) is 28.3 Å². The number of carbonyl (C=O) groups excluding carboxylic acids is 2. The van der Waals surface area contributed by atoms with E-state index in [2.05, 4.69) is 16.4 Å². The third-order valence-electron chi connectivity index (χ3n) is 4.59. The van der Waals surface area contributed by atoms with Gasteiger partial charge in [0.2, 0.25) is 0 Å². The summed E-state index contributed by atoms with van der Waals surface area (Å²) in [7, 11) is 2.87. The number of benzene rings is 1. The molecule has 0 atom stereocenters. The van der Waals surface area contributed by atoms with Crippen LogP contribution in [0.2, 0.25) is 0 Å². The number of nitrogens with zero attached hydrogens (tertiary/aromatic N) is 2. The lowest BCUT2D eigenvalue weighted by Gasteiger charge is -2.05. The van der Waals surface area contributed by atoms with Crippen molar-refractivity contribution in [2.45, 2.75) is 13.8 Å². The number of ether oxygens (including phenoxy) is 3. The average Bonchev–Trinajstić information content (AvgIpc) is 3.44. The number of thiophene rings is 1. The highest BCUT2D eigenvalue weighted by Crippen LogP contribution is 2.35. The Morgan fingerprint density at radius 3 is 2.55 bits per heavy atom. The molecular formula is C23H21N3O5S2. The molecule has 2 heterocycles. The van der Waals surface area contributed by atoms with Crippen LogP contribution in [0.25, 0.3) is 16.8 Å². The quantitative estimate of drug-likeness (QED) is 0.347. The fourth-order valence-electron chi connectivity index (χ4n) is 2.92. The lowest BCUT2D eigenvalue weighted by atomic mass is 10.1. The lowest BCUT2D eigenvalue weighted by molar-refractivity contribution is 0.0527. The van der Waals surface area contributed by atoms with Crippen LogP contribution >= 0.6 is 22.7 Å². The van der Waals surface area contributed by atoms with Crippen LogP contribution in [-0.4, -0.2) is 37.7 Å². The molecule has 0 saturated heterocycles. The summed E-state index contributed by atoms with van der Waals surface area (Å²) in [5.41, 5.74) is 2.58. The van der Waals surface area contributed by atoms with Gasteiger partial charge in [-0.15, -0.1) is 22.7 Å². The van der Waals surface area contributed by atoms with Crippen LogP contribution in [0.15, 0.2) is 35.8 Å². The molecule has 0 amide bonds. The molecule has 0 aliphatic carbocycles. The summed E-state index contributed by atoms with van der Waals surface area (Å²) < 4.78 is 15.1. The Balaban J connectivity index is 1.91. The van der Waals surface area contributed by atoms with Gasteiger partial charge in [0.05, 0.1) is 32.1 Å². The van der Waals surface area contributed by atoms with Gasteiger partial charge >= 0.3 is 11.9 Å². The summed E-state index contributed by atoms with van der Waals surface area (Å²) in [5.74, 6) is -0.373. The fourth-order valence-corrected chi connectivity index (χ4v) is 4.80. The number of hydrogen-bond acceptors (Lipinski definition) is 10. The molecule has 10 heteroatoms. The van der Waals surface area contributed by atoms with Crippen LogP contribution in [0, 0.1) is 18.3 Å². The zero-order valence-electron chi connectivity index (χ0n) is 18.4. The Hall–Kier alpha value is -3.68. The molecule has 1 aromatic carbocycles. The van der Waals surface area contributed by atoms with Gasteiger partial charge in [-0.1, -0.05) is 0 Å². The highest BCUT2D eigenvalue weighted by Gasteiger charge is 2.26. The minimum Gasteiger partial charge on any atom is -0.497 e. The Morgan fingerprint density at radius 2 is 1.94 bits per heavy atom. The Morgan fingerprint density at radius 1 is 1.21 bits per heavy atom. The molecule has 0 bridgehead atoms. The van der Waals surface area contributed by atoms with Gasteiger partial charge in [-0.2, -0.15) is 5.26 Å². The van der Waals surface area contributed by atoms with Crippen molar-refractivity contribution in [3.05, 3.63) is 56.9 Å². The largest absolute Gasteiger partial charge is 0.497 e. The van der Waals surface area contributed by atoms with Gasteiger partial charge in [0.15, 0.2) is 0 Å². The molecular weight excluding hydrogens is 462 g/mol. The molecule has 170 valence electrons. The second-order valence-corrected chi connectivity index (χ2v) is 8.43. The van der Waals surface area contributed by atoms with Crippen LogP contribution in [0.3, 0.4) is 0 Å². The van der Waals surface area contributed by atoms with Crippen molar-refractivity contribution in [2.75, 3.05) is 26.1 Å². The second kappa shape index (κ2) is 10.8. The maximum Gasteiger partial charge on any atom is 0.348 e. The minimum atomic E-state index is -0.563. The van der Waals surface area contributed by atoms with E-state index in [4.69, 9.17) is 14.2 Å². The smallest absolute Gasteiger partial charge is 0.348 e. The number of aromatic nitrogens is 1. The first-order valence-electron chi connectivity index (χ1n) is 9.79. The predicted octanol–water partition coefficient (Wildman–Crippen LogP) is 5.13. The van der Waals surface area contributed by atoms with E-state index in [0.29, 0.717) is 15.6 Å². The van der Waals surface area contributed by atoms with Gasteiger partial charge in [0.1, 0.15) is 32.3 Å². The minimum absolute atomic E-state index is 0.188. The molecule has 0 radical (unpaired) electrons. The zero-order valence-corrected chi connectivity index (χ0v) is 20.1. The Bertz CT molecular complexity index is 1240. The van der Waals surface area contributed by atoms with Crippen molar-refractivity contribution < 1.29 is 23.8 Å². The van der Waals surface area contributed by atoms with Crippen LogP contribution in [0.4, 0.5) is 5.00 Å². The molecule has 0 spiro atoms. The summed E-state index contributed by atoms with van der Waals surface area (Å²) in [6.45, 7) is 3.54. The summed E-state index contributed by atoms with van der Waals surface area (Å²) in [4.78, 5) is 29.4. The fraction of sp³-hybridized carbons (Fsp3) is 0.217. The number of allylic oxidation sites excluding steroid dienone is 1. The lowest BCUT2D eigenvalue weighted by Crippen LogP contribution is -2.08. The zero-order chi connectivity index (χ0) is 24.0. The molecule has 0 aliphatic rings. The summed E-state index contributed by atoms with van der Waals surface area (Å²) in [5, 5.41) is 15.4. The van der Waals surface area contributed by atoms with Crippen molar-refractivity contribution in [3.63, 3.8) is 0 Å². The van der Waals surface area contributed by atoms with Gasteiger partial charge < -0.3 is 19.5 Å². The number of anilines is 1. The van der Waals surface area contributed by atoms with Gasteiger partial charge in [-0.25, -0.2) is 14.6 Å². The molecule has 0 fully saturated rings. The molecule has 3 aromatic rings. The van der Waals surface area contributed by atoms with Gasteiger partial charge in [0.25, 0.3) is 0 Å². The van der Waals surface area contributed by atoms with Crippen LogP contribution in [0.5, 0.6) is 5.75 Å². The van der Waals surface area contributed by atoms with E-state index in [1.165, 1.54) is 24.6 Å². The highest BCUT2D eigenvalue weighted by molar-refractivity contribution is 7.18. The topological polar surface area (TPSA) is 111 Å². The number of thiazole rings is 1. The number of nitriles is 1. The van der Waals surface area contributed by atoms with E-state index in [1.54, 1.807) is 21.0 Å². The predicted molar refractivity (Wildman–Crippen MR) is 128 cm³/mol. The SMILES string of the molecule is CCOC(=O)c1c(N/C=C(\C#N)c2nc(-c3ccc(OC)cc3)cs2)sc(C(=O)OC)c1C. The number of esters is 2. The first-order chi connectivity index (χ1) is 15.9. The number of hydrogen-bond donors (Lipinski definition) is 1. The van der Waals surface area contributed by atoms with Crippen molar-refractivity contribution in [1.82, 2.24) is 4.98 Å². The molecule has 2 aromatic heterocycles. The summed E-state index contributed by atoms with van der Waals surface area (Å²) >= 11 is 2.38. The number of rotatable bonds is 8. The standard InChI is InChI=1S/C23H21N3O5S2/c1-5-31-22(27)18-13(2)19(23(28)30-4)33-21(18)25-11-15(10-24)20-26-17(12-32-20)14-6-8-16(29-3)9-7-14/h6-9,11-12,25H,5H2,1-4H3/b15-11+. The van der Waals surface area contributed by atoms with E-state index in [-0.39, 0.29) is 22.6 Å². The monoisotopic (exact) mass is 483 g/mol. The Kier molecular flexibility index (Phi) is 7.82. The maximum atomic E-state index is 12.5. The molecule has 8 nitrogen and oxygen atoms in total. The third-order valence-corrected chi connectivity index (χ3v) is 6.66. The molecule has 3 rings (SSSR count). The van der Waals surface area contributed by atoms with E-state index in [9.17, 15) is 14.9 Å². The van der Waals surface area contributed by atoms with Crippen LogP contribution < -0.4 is 10.1 Å². The van der Waals surface area contributed by atoms with Crippen LogP contribution in [0.1, 0.15) is 37.5 Å². The van der Waals surface area contributed by atoms with E-state index >= 15 is 0 Å². The average molecular weight is 484 g/mol. The molecule has 0 unspecified atom stereocenters. The van der Waals surface area contributed by atoms with Gasteiger partial charge in [0, 0.05) is 17.1 Å². The highest BCUT2D eigenvalue weighted by atomic mass is 32.1. The molecule has 33 heavy (non-hydrogen) atoms. The van der Waals surface area contributed by atoms with Crippen molar-refractivity contribution in [3.8, 4) is 23.1 Å². The summed E-state index contributed by atoms with van der Waals surface area (Å²) in [6, 6.07) is 9.58. The first kappa shape index (κ1) is 24.0. The van der Waals surface area contributed by atoms with Gasteiger partial charge in [-0.05, 0) is 43.7 Å². The van der Waals surface area contributed by atoms with Crippen LogP contribution in [-0.2, 0) is 9.47 Å². The van der Waals surface area contributed by atoms with Gasteiger partial charge in [-0.3, -0.25) is 0 Å². The molecule has 1 N–H and O–H groups in total. The molecule has 0 saturated carbocycles. The van der Waals surface area contributed by atoms with E-state index < -0.39 is 11.9 Å². The number of methoxy groups -OCH3 is 2. The van der Waals surface area contributed by atoms with Crippen molar-refractivity contribution in [1.29, 1.82) is 5.26 Å². The first-order valence-corrected chi connectivity index (χ1v) is 11.5. The number of nitrogens with one attached hydrogen (secondary N) is 1. The van der Waals surface area contributed by atoms with Crippen molar-refractivity contribution in [2.24, 2.45) is 0 Å². The Labute approximate surface area is 199 Å². The second-order valence-electron chi connectivity index (χ2n) is 6.55. The summed E-state index contributed by atoms with van der Waals surface area (Å²) in [6.07, 6.45) is 1.46. The molecule has 0 aliphatic heterocycles. The maximum absolute atomic E-state index is 12.5. The number of carbonyl (C=O) groups is 2. The van der Waals surface area contributed by atoms with Crippen molar-refractivity contribution >= 4 is 45.2 Å². The normalized spacial score (nSPS) is 10.9. The third kappa shape index (κ3) is 5.22.